The molecule has 1 fully saturated rings. The van der Waals surface area contributed by atoms with E-state index < -0.39 is 41.7 Å². The first-order valence-electron chi connectivity index (χ1n) is 13.5. The molecule has 0 aromatic heterocycles. The van der Waals surface area contributed by atoms with Crippen LogP contribution in [0.15, 0.2) is 97.1 Å². The molecule has 1 saturated heterocycles. The number of hydrogen-bond donors (Lipinski definition) is 2. The van der Waals surface area contributed by atoms with Gasteiger partial charge >= 0.3 is 6.03 Å². The van der Waals surface area contributed by atoms with Crippen LogP contribution < -0.4 is 20.5 Å². The van der Waals surface area contributed by atoms with Crippen LogP contribution in [0.5, 0.6) is 11.5 Å². The van der Waals surface area contributed by atoms with Gasteiger partial charge in [0.15, 0.2) is 17.3 Å². The summed E-state index contributed by atoms with van der Waals surface area (Å²) in [5.74, 6) is -2.40. The molecule has 0 bridgehead atoms. The Morgan fingerprint density at radius 1 is 0.857 bits per heavy atom. The van der Waals surface area contributed by atoms with Crippen LogP contribution in [0, 0.1) is 18.7 Å². The normalized spacial score (nSPS) is 20.8. The Kier molecular flexibility index (Phi) is 7.08. The van der Waals surface area contributed by atoms with Gasteiger partial charge in [0.2, 0.25) is 12.7 Å². The van der Waals surface area contributed by atoms with E-state index in [1.807, 2.05) is 19.1 Å². The van der Waals surface area contributed by atoms with E-state index in [-0.39, 0.29) is 12.6 Å². The second-order valence-corrected chi connectivity index (χ2v) is 10.4. The highest BCUT2D eigenvalue weighted by molar-refractivity contribution is 6.03. The van der Waals surface area contributed by atoms with Crippen LogP contribution in [0.4, 0.5) is 14.9 Å². The van der Waals surface area contributed by atoms with Crippen molar-refractivity contribution in [2.75, 3.05) is 12.1 Å². The first kappa shape index (κ1) is 27.0. The van der Waals surface area contributed by atoms with Crippen LogP contribution >= 0.6 is 0 Å². The van der Waals surface area contributed by atoms with Crippen LogP contribution in [-0.2, 0) is 4.79 Å². The minimum absolute atomic E-state index is 0.0371. The maximum atomic E-state index is 14.5. The molecule has 2 heterocycles. The third-order valence-corrected chi connectivity index (χ3v) is 7.82. The molecule has 4 atom stereocenters. The molecule has 0 aliphatic carbocycles. The summed E-state index contributed by atoms with van der Waals surface area (Å²) in [7, 11) is 0. The van der Waals surface area contributed by atoms with Crippen LogP contribution in [0.3, 0.4) is 0 Å². The lowest BCUT2D eigenvalue weighted by atomic mass is 9.76. The van der Waals surface area contributed by atoms with E-state index >= 15 is 0 Å². The number of benzene rings is 4. The topological polar surface area (TPSA) is 111 Å². The quantitative estimate of drug-likeness (QED) is 0.296. The maximum Gasteiger partial charge on any atom is 0.323 e. The number of carbonyl (C=O) groups excluding carboxylic acids is 3. The Morgan fingerprint density at radius 2 is 1.57 bits per heavy atom. The second-order valence-electron chi connectivity index (χ2n) is 10.4. The molecule has 0 spiro atoms. The molecule has 4 aromatic carbocycles. The van der Waals surface area contributed by atoms with Gasteiger partial charge < -0.3 is 25.4 Å². The summed E-state index contributed by atoms with van der Waals surface area (Å²) >= 11 is 0. The van der Waals surface area contributed by atoms with E-state index in [4.69, 9.17) is 15.2 Å². The molecule has 0 saturated carbocycles. The Balaban J connectivity index is 1.57. The lowest BCUT2D eigenvalue weighted by Crippen LogP contribution is -2.48. The SMILES string of the molecule is Cc1cccc(C(=O)C2C(c3ccc(F)cc3)C(C(N)=O)N(C(=O)Nc3ccccc3)C2c2ccc3c(c2)OCO3)c1. The standard InChI is InChI=1S/C33H28FN3O5/c1-19-6-5-7-22(16-19)31(38)28-27(20-10-13-23(34)14-11-20)30(32(35)39)37(33(40)36-24-8-3-2-4-9-24)29(28)21-12-15-25-26(17-21)42-18-41-25/h2-17,27-30H,18H2,1H3,(H2,35,39)(H,36,40). The summed E-state index contributed by atoms with van der Waals surface area (Å²) in [6.07, 6.45) is 0. The number of anilines is 1. The van der Waals surface area contributed by atoms with E-state index in [1.54, 1.807) is 60.7 Å². The van der Waals surface area contributed by atoms with Crippen LogP contribution in [0.1, 0.15) is 39.0 Å². The average Bonchev–Trinajstić information content (AvgIpc) is 3.60. The molecule has 0 radical (unpaired) electrons. The number of ketones is 1. The predicted octanol–water partition coefficient (Wildman–Crippen LogP) is 5.59. The Bertz CT molecular complexity index is 1660. The number of nitrogens with one attached hydrogen (secondary N) is 1. The second kappa shape index (κ2) is 11.0. The number of carbonyl (C=O) groups is 3. The first-order valence-corrected chi connectivity index (χ1v) is 13.5. The van der Waals surface area contributed by atoms with E-state index in [9.17, 15) is 18.8 Å². The molecule has 4 unspecified atom stereocenters. The number of primary amides is 1. The van der Waals surface area contributed by atoms with Gasteiger partial charge in [0.1, 0.15) is 11.9 Å². The lowest BCUT2D eigenvalue weighted by molar-refractivity contribution is -0.122. The lowest BCUT2D eigenvalue weighted by Gasteiger charge is -2.31. The summed E-state index contributed by atoms with van der Waals surface area (Å²) in [5, 5.41) is 2.86. The number of nitrogens with zero attached hydrogens (tertiary/aromatic N) is 1. The van der Waals surface area contributed by atoms with Gasteiger partial charge in [-0.25, -0.2) is 9.18 Å². The fourth-order valence-corrected chi connectivity index (χ4v) is 6.02. The zero-order chi connectivity index (χ0) is 29.4. The van der Waals surface area contributed by atoms with E-state index in [0.717, 1.165) is 5.56 Å². The minimum atomic E-state index is -1.24. The van der Waals surface area contributed by atoms with Crippen LogP contribution in [-0.4, -0.2) is 35.5 Å². The molecule has 42 heavy (non-hydrogen) atoms. The third kappa shape index (κ3) is 4.94. The van der Waals surface area contributed by atoms with Crippen molar-refractivity contribution in [3.63, 3.8) is 0 Å². The largest absolute Gasteiger partial charge is 0.454 e. The minimum Gasteiger partial charge on any atom is -0.454 e. The van der Waals surface area contributed by atoms with Crippen LogP contribution in [0.2, 0.25) is 0 Å². The van der Waals surface area contributed by atoms with Crippen molar-refractivity contribution in [1.29, 1.82) is 0 Å². The van der Waals surface area contributed by atoms with Gasteiger partial charge in [-0.15, -0.1) is 0 Å². The van der Waals surface area contributed by atoms with Crippen LogP contribution in [0.25, 0.3) is 0 Å². The van der Waals surface area contributed by atoms with Crippen molar-refractivity contribution >= 4 is 23.4 Å². The molecule has 9 heteroatoms. The van der Waals surface area contributed by atoms with Gasteiger partial charge in [-0.3, -0.25) is 9.59 Å². The van der Waals surface area contributed by atoms with Crippen molar-refractivity contribution in [2.24, 2.45) is 11.7 Å². The summed E-state index contributed by atoms with van der Waals surface area (Å²) in [6.45, 7) is 1.92. The molecule has 3 amide bonds. The fourth-order valence-electron chi connectivity index (χ4n) is 6.02. The third-order valence-electron chi connectivity index (χ3n) is 7.82. The van der Waals surface area contributed by atoms with E-state index in [2.05, 4.69) is 5.32 Å². The Morgan fingerprint density at radius 3 is 2.29 bits per heavy atom. The van der Waals surface area contributed by atoms with Gasteiger partial charge in [0.25, 0.3) is 0 Å². The first-order chi connectivity index (χ1) is 20.3. The highest BCUT2D eigenvalue weighted by atomic mass is 19.1. The number of urea groups is 1. The number of nitrogens with two attached hydrogens (primary N) is 1. The summed E-state index contributed by atoms with van der Waals surface area (Å²) in [6, 6.07) is 23.9. The van der Waals surface area contributed by atoms with E-state index in [1.165, 1.54) is 29.2 Å². The Hall–Kier alpha value is -5.18. The molecule has 2 aliphatic rings. The maximum absolute atomic E-state index is 14.5. The fraction of sp³-hybridized carbons (Fsp3) is 0.182. The number of aryl methyl sites for hydroxylation is 1. The molecule has 8 nitrogen and oxygen atoms in total. The molecule has 2 aliphatic heterocycles. The van der Waals surface area contributed by atoms with Gasteiger partial charge in [-0.1, -0.05) is 60.2 Å². The van der Waals surface area contributed by atoms with Gasteiger partial charge in [-0.2, -0.15) is 0 Å². The number of ether oxygens (including phenoxy) is 2. The van der Waals surface area contributed by atoms with Crippen molar-refractivity contribution in [3.8, 4) is 11.5 Å². The highest BCUT2D eigenvalue weighted by Crippen LogP contribution is 2.52. The number of fused-ring (bicyclic) bond motifs is 1. The molecule has 6 rings (SSSR count). The summed E-state index contributed by atoms with van der Waals surface area (Å²) in [4.78, 5) is 43.3. The predicted molar refractivity (Wildman–Crippen MR) is 154 cm³/mol. The molecule has 3 N–H and O–H groups in total. The molecular formula is C33H28FN3O5. The number of likely N-dealkylation sites (tertiary alicyclic amines) is 1. The summed E-state index contributed by atoms with van der Waals surface area (Å²) in [5.41, 5.74) is 8.91. The molecular weight excluding hydrogens is 537 g/mol. The number of halogens is 1. The number of rotatable bonds is 6. The van der Waals surface area contributed by atoms with Crippen molar-refractivity contribution in [2.45, 2.75) is 24.9 Å². The monoisotopic (exact) mass is 565 g/mol. The number of hydrogen-bond acceptors (Lipinski definition) is 5. The van der Waals surface area contributed by atoms with Crippen molar-refractivity contribution in [1.82, 2.24) is 4.90 Å². The highest BCUT2D eigenvalue weighted by Gasteiger charge is 2.57. The molecule has 212 valence electrons. The number of Topliss-reactive ketones (excluding diaryl/α,β-unsaturated/α-hetero) is 1. The van der Waals surface area contributed by atoms with E-state index in [0.29, 0.717) is 33.9 Å². The van der Waals surface area contributed by atoms with Crippen molar-refractivity contribution < 1.29 is 28.2 Å². The number of amides is 3. The van der Waals surface area contributed by atoms with Gasteiger partial charge in [0.05, 0.1) is 12.0 Å². The molecule has 4 aromatic rings. The zero-order valence-corrected chi connectivity index (χ0v) is 22.7. The Labute approximate surface area is 241 Å². The number of para-hydroxylation sites is 1. The van der Waals surface area contributed by atoms with Crippen molar-refractivity contribution in [3.05, 3.63) is 125 Å². The zero-order valence-electron chi connectivity index (χ0n) is 22.7. The van der Waals surface area contributed by atoms with Gasteiger partial charge in [-0.05, 0) is 60.5 Å². The summed E-state index contributed by atoms with van der Waals surface area (Å²) < 4.78 is 25.2. The average molecular weight is 566 g/mol. The van der Waals surface area contributed by atoms with Gasteiger partial charge in [0, 0.05) is 17.2 Å². The smallest absolute Gasteiger partial charge is 0.323 e.